The second-order valence-electron chi connectivity index (χ2n) is 3.66. The number of ketones is 1. The largest absolute Gasteiger partial charge is 0.465 e. The van der Waals surface area contributed by atoms with E-state index in [9.17, 15) is 18.0 Å². The lowest BCUT2D eigenvalue weighted by molar-refractivity contribution is -0.169. The quantitative estimate of drug-likeness (QED) is 0.797. The summed E-state index contributed by atoms with van der Waals surface area (Å²) in [4.78, 5) is 10.9. The number of hydrogen-bond donors (Lipinski definition) is 0. The van der Waals surface area contributed by atoms with E-state index in [0.29, 0.717) is 11.3 Å². The molecule has 0 spiro atoms. The van der Waals surface area contributed by atoms with Gasteiger partial charge in [0.05, 0.1) is 6.26 Å². The molecule has 1 heterocycles. The Morgan fingerprint density at radius 1 is 1.38 bits per heavy atom. The number of Topliss-reactive ketones (excluding diaryl/α,β-unsaturated/α-hetero) is 1. The third-order valence-electron chi connectivity index (χ3n) is 2.40. The number of carbonyl (C=O) groups excluding carboxylic acids is 1. The maximum atomic E-state index is 12.1. The Balaban J connectivity index is 2.19. The molecular weight excluding hydrogens is 221 g/mol. The van der Waals surface area contributed by atoms with Gasteiger partial charge in [0.15, 0.2) is 0 Å². The molecule has 0 radical (unpaired) electrons. The van der Waals surface area contributed by atoms with E-state index in [2.05, 4.69) is 0 Å². The van der Waals surface area contributed by atoms with E-state index in [0.717, 1.165) is 18.4 Å². The van der Waals surface area contributed by atoms with Crippen LogP contribution in [0.2, 0.25) is 0 Å². The Morgan fingerprint density at radius 3 is 2.50 bits per heavy atom. The van der Waals surface area contributed by atoms with Crippen molar-refractivity contribution in [1.82, 2.24) is 0 Å². The lowest BCUT2D eigenvalue weighted by Crippen LogP contribution is -2.22. The Kier molecular flexibility index (Phi) is 2.61. The molecule has 5 heteroatoms. The number of allylic oxidation sites excluding steroid dienone is 2. The van der Waals surface area contributed by atoms with Gasteiger partial charge in [0.25, 0.3) is 0 Å². The highest BCUT2D eigenvalue weighted by Crippen LogP contribution is 2.39. The zero-order valence-corrected chi connectivity index (χ0v) is 8.30. The number of halogens is 3. The zero-order valence-electron chi connectivity index (χ0n) is 8.30. The van der Waals surface area contributed by atoms with Crippen molar-refractivity contribution < 1.29 is 22.4 Å². The Labute approximate surface area is 89.7 Å². The highest BCUT2D eigenvalue weighted by atomic mass is 19.4. The second kappa shape index (κ2) is 3.81. The van der Waals surface area contributed by atoms with Gasteiger partial charge in [-0.3, -0.25) is 4.79 Å². The van der Waals surface area contributed by atoms with Crippen LogP contribution in [0.3, 0.4) is 0 Å². The molecule has 86 valence electrons. The number of alkyl halides is 3. The molecule has 0 bridgehead atoms. The predicted octanol–water partition coefficient (Wildman–Crippen LogP) is 3.35. The topological polar surface area (TPSA) is 30.2 Å². The first-order valence-electron chi connectivity index (χ1n) is 4.83. The third-order valence-corrected chi connectivity index (χ3v) is 2.40. The van der Waals surface area contributed by atoms with Gasteiger partial charge in [-0.2, -0.15) is 13.2 Å². The number of rotatable bonds is 3. The molecule has 0 aliphatic heterocycles. The summed E-state index contributed by atoms with van der Waals surface area (Å²) in [6.45, 7) is 0. The Morgan fingerprint density at radius 2 is 2.06 bits per heavy atom. The molecule has 1 aliphatic rings. The van der Waals surface area contributed by atoms with Crippen LogP contribution in [-0.4, -0.2) is 12.0 Å². The minimum Gasteiger partial charge on any atom is -0.465 e. The number of furan rings is 1. The van der Waals surface area contributed by atoms with Crippen LogP contribution in [-0.2, 0) is 4.79 Å². The smallest absolute Gasteiger partial charge is 0.450 e. The van der Waals surface area contributed by atoms with Crippen LogP contribution in [0.4, 0.5) is 13.2 Å². The summed E-state index contributed by atoms with van der Waals surface area (Å²) in [6, 6.07) is 3.17. The molecule has 2 nitrogen and oxygen atoms in total. The van der Waals surface area contributed by atoms with Gasteiger partial charge in [-0.15, -0.1) is 0 Å². The molecule has 0 atom stereocenters. The average Bonchev–Trinajstić information content (AvgIpc) is 2.88. The molecule has 0 amide bonds. The molecule has 0 saturated heterocycles. The maximum Gasteiger partial charge on any atom is 0.450 e. The highest BCUT2D eigenvalue weighted by molar-refractivity contribution is 5.94. The lowest BCUT2D eigenvalue weighted by atomic mass is 10.1. The summed E-state index contributed by atoms with van der Waals surface area (Å²) in [6.07, 6.45) is -2.50. The van der Waals surface area contributed by atoms with Gasteiger partial charge >= 0.3 is 6.18 Å². The van der Waals surface area contributed by atoms with Crippen molar-refractivity contribution in [3.05, 3.63) is 29.7 Å². The van der Waals surface area contributed by atoms with Crippen molar-refractivity contribution in [2.45, 2.75) is 25.4 Å². The molecule has 1 fully saturated rings. The highest BCUT2D eigenvalue weighted by Gasteiger charge is 2.39. The van der Waals surface area contributed by atoms with Crippen LogP contribution in [0.1, 0.15) is 25.0 Å². The molecule has 0 N–H and O–H groups in total. The Hall–Kier alpha value is -1.52. The summed E-state index contributed by atoms with van der Waals surface area (Å²) in [7, 11) is 0. The van der Waals surface area contributed by atoms with E-state index in [1.165, 1.54) is 6.26 Å². The van der Waals surface area contributed by atoms with E-state index < -0.39 is 18.4 Å². The number of carbonyl (C=O) groups is 1. The van der Waals surface area contributed by atoms with Gasteiger partial charge in [-0.25, -0.2) is 0 Å². The van der Waals surface area contributed by atoms with Crippen LogP contribution in [0.15, 0.2) is 28.4 Å². The minimum absolute atomic E-state index is 0.366. The summed E-state index contributed by atoms with van der Waals surface area (Å²) in [5, 5.41) is 0. The molecule has 16 heavy (non-hydrogen) atoms. The fourth-order valence-corrected chi connectivity index (χ4v) is 1.46. The first kappa shape index (κ1) is 11.0. The van der Waals surface area contributed by atoms with Crippen molar-refractivity contribution in [2.24, 2.45) is 0 Å². The van der Waals surface area contributed by atoms with E-state index in [1.807, 2.05) is 0 Å². The summed E-state index contributed by atoms with van der Waals surface area (Å²) in [5.74, 6) is -1.36. The van der Waals surface area contributed by atoms with Crippen LogP contribution < -0.4 is 0 Å². The molecular formula is C11H9F3O2. The first-order chi connectivity index (χ1) is 7.48. The predicted molar refractivity (Wildman–Crippen MR) is 50.5 cm³/mol. The fourth-order valence-electron chi connectivity index (χ4n) is 1.46. The van der Waals surface area contributed by atoms with E-state index in [-0.39, 0.29) is 0 Å². The zero-order chi connectivity index (χ0) is 11.8. The van der Waals surface area contributed by atoms with Crippen LogP contribution in [0.25, 0.3) is 5.57 Å². The van der Waals surface area contributed by atoms with E-state index >= 15 is 0 Å². The molecule has 0 aromatic carbocycles. The van der Waals surface area contributed by atoms with Crippen LogP contribution >= 0.6 is 0 Å². The standard InChI is InChI=1S/C11H9F3O2/c12-11(13,14)10(15)6-8(7-3-4-7)9-2-1-5-16-9/h1-2,5H,3-4,6H2. The van der Waals surface area contributed by atoms with Gasteiger partial charge < -0.3 is 4.42 Å². The second-order valence-corrected chi connectivity index (χ2v) is 3.66. The first-order valence-corrected chi connectivity index (χ1v) is 4.83. The summed E-state index contributed by atoms with van der Waals surface area (Å²) >= 11 is 0. The van der Waals surface area contributed by atoms with Crippen molar-refractivity contribution in [3.63, 3.8) is 0 Å². The van der Waals surface area contributed by atoms with Crippen molar-refractivity contribution in [3.8, 4) is 0 Å². The van der Waals surface area contributed by atoms with Gasteiger partial charge in [0, 0.05) is 12.0 Å². The fraction of sp³-hybridized carbons (Fsp3) is 0.364. The van der Waals surface area contributed by atoms with Crippen molar-refractivity contribution in [1.29, 1.82) is 0 Å². The minimum atomic E-state index is -4.77. The van der Waals surface area contributed by atoms with Crippen LogP contribution in [0, 0.1) is 0 Å². The van der Waals surface area contributed by atoms with Gasteiger partial charge in [0.1, 0.15) is 5.76 Å². The van der Waals surface area contributed by atoms with Crippen LogP contribution in [0.5, 0.6) is 0 Å². The maximum absolute atomic E-state index is 12.1. The monoisotopic (exact) mass is 230 g/mol. The summed E-state index contributed by atoms with van der Waals surface area (Å²) < 4.78 is 41.4. The molecule has 1 aliphatic carbocycles. The SMILES string of the molecule is O=C(CC(=C1CC1)c1ccco1)C(F)(F)F. The van der Waals surface area contributed by atoms with Gasteiger partial charge in [0.2, 0.25) is 5.78 Å². The molecule has 0 unspecified atom stereocenters. The molecule has 2 rings (SSSR count). The Bertz CT molecular complexity index is 421. The number of hydrogen-bond acceptors (Lipinski definition) is 2. The van der Waals surface area contributed by atoms with Crippen molar-refractivity contribution in [2.75, 3.05) is 0 Å². The van der Waals surface area contributed by atoms with E-state index in [1.54, 1.807) is 12.1 Å². The van der Waals surface area contributed by atoms with E-state index in [4.69, 9.17) is 4.42 Å². The molecule has 1 saturated carbocycles. The molecule has 1 aromatic rings. The van der Waals surface area contributed by atoms with Gasteiger partial charge in [-0.05, 0) is 25.0 Å². The third kappa shape index (κ3) is 2.35. The lowest BCUT2D eigenvalue weighted by Gasteiger charge is -2.06. The average molecular weight is 230 g/mol. The normalized spacial score (nSPS) is 15.1. The van der Waals surface area contributed by atoms with Gasteiger partial charge in [-0.1, -0.05) is 5.57 Å². The van der Waals surface area contributed by atoms with Crippen molar-refractivity contribution >= 4 is 11.4 Å². The molecule has 1 aromatic heterocycles. The summed E-state index contributed by atoms with van der Waals surface area (Å²) in [5.41, 5.74) is 1.28.